The standard InChI is InChI=1S/C14H15ClF3N3O/c15-12-10(14(16,17)18)1-2-11(20-12)13(22)19-9-5-8-3-4-21(6-8)7-9/h1-2,8-9H,3-7H2,(H,19,22)/t8-,9+/m0/s1. The molecule has 0 radical (unpaired) electrons. The van der Waals surface area contributed by atoms with Gasteiger partial charge in [0.25, 0.3) is 5.91 Å². The van der Waals surface area contributed by atoms with E-state index in [1.54, 1.807) is 0 Å². The maximum absolute atomic E-state index is 12.6. The van der Waals surface area contributed by atoms with E-state index in [1.807, 2.05) is 0 Å². The molecule has 3 rings (SSSR count). The van der Waals surface area contributed by atoms with Gasteiger partial charge in [-0.25, -0.2) is 4.98 Å². The minimum atomic E-state index is -4.57. The summed E-state index contributed by atoms with van der Waals surface area (Å²) in [6.07, 6.45) is -2.54. The van der Waals surface area contributed by atoms with Crippen molar-refractivity contribution in [3.05, 3.63) is 28.5 Å². The van der Waals surface area contributed by atoms with Crippen LogP contribution in [0.15, 0.2) is 12.1 Å². The number of alkyl halides is 3. The second kappa shape index (κ2) is 5.70. The van der Waals surface area contributed by atoms with Gasteiger partial charge in [-0.1, -0.05) is 11.6 Å². The van der Waals surface area contributed by atoms with Crippen molar-refractivity contribution in [1.29, 1.82) is 0 Å². The first-order valence-electron chi connectivity index (χ1n) is 7.10. The lowest BCUT2D eigenvalue weighted by atomic mass is 9.97. The van der Waals surface area contributed by atoms with E-state index >= 15 is 0 Å². The van der Waals surface area contributed by atoms with E-state index in [0.29, 0.717) is 5.92 Å². The van der Waals surface area contributed by atoms with Gasteiger partial charge in [-0.3, -0.25) is 4.79 Å². The summed E-state index contributed by atoms with van der Waals surface area (Å²) < 4.78 is 37.9. The molecule has 1 aromatic heterocycles. The van der Waals surface area contributed by atoms with Crippen LogP contribution in [0, 0.1) is 5.92 Å². The third-order valence-corrected chi connectivity index (χ3v) is 4.48. The Bertz CT molecular complexity index is 581. The van der Waals surface area contributed by atoms with Gasteiger partial charge >= 0.3 is 6.18 Å². The van der Waals surface area contributed by atoms with Crippen molar-refractivity contribution >= 4 is 17.5 Å². The smallest absolute Gasteiger partial charge is 0.347 e. The van der Waals surface area contributed by atoms with Crippen molar-refractivity contribution in [2.75, 3.05) is 19.6 Å². The highest BCUT2D eigenvalue weighted by Gasteiger charge is 2.35. The third kappa shape index (κ3) is 3.20. The molecule has 120 valence electrons. The molecular weight excluding hydrogens is 319 g/mol. The molecule has 2 aliphatic heterocycles. The van der Waals surface area contributed by atoms with Crippen LogP contribution in [0.1, 0.15) is 28.9 Å². The monoisotopic (exact) mass is 333 g/mol. The molecule has 8 heteroatoms. The van der Waals surface area contributed by atoms with Gasteiger partial charge < -0.3 is 10.2 Å². The van der Waals surface area contributed by atoms with Gasteiger partial charge in [0.1, 0.15) is 10.8 Å². The van der Waals surface area contributed by atoms with Gasteiger partial charge in [0, 0.05) is 19.1 Å². The van der Waals surface area contributed by atoms with E-state index in [9.17, 15) is 18.0 Å². The average molecular weight is 334 g/mol. The van der Waals surface area contributed by atoms with Gasteiger partial charge in [-0.05, 0) is 37.4 Å². The van der Waals surface area contributed by atoms with Crippen LogP contribution in [0.4, 0.5) is 13.2 Å². The molecule has 2 aliphatic rings. The normalized spacial score (nSPS) is 27.7. The highest BCUT2D eigenvalue weighted by molar-refractivity contribution is 6.30. The predicted molar refractivity (Wildman–Crippen MR) is 74.7 cm³/mol. The number of piperidine rings is 1. The summed E-state index contributed by atoms with van der Waals surface area (Å²) in [5.41, 5.74) is -1.13. The zero-order valence-corrected chi connectivity index (χ0v) is 12.4. The second-order valence-electron chi connectivity index (χ2n) is 5.85. The van der Waals surface area contributed by atoms with E-state index in [-0.39, 0.29) is 11.7 Å². The number of nitrogens with one attached hydrogen (secondary N) is 1. The Morgan fingerprint density at radius 1 is 1.36 bits per heavy atom. The van der Waals surface area contributed by atoms with E-state index in [2.05, 4.69) is 15.2 Å². The van der Waals surface area contributed by atoms with Gasteiger partial charge in [0.15, 0.2) is 0 Å². The molecule has 22 heavy (non-hydrogen) atoms. The van der Waals surface area contributed by atoms with E-state index in [4.69, 9.17) is 11.6 Å². The number of pyridine rings is 1. The number of halogens is 4. The molecule has 4 nitrogen and oxygen atoms in total. The Kier molecular flexibility index (Phi) is 4.03. The van der Waals surface area contributed by atoms with Crippen molar-refractivity contribution in [2.45, 2.75) is 25.1 Å². The molecule has 1 N–H and O–H groups in total. The van der Waals surface area contributed by atoms with Crippen molar-refractivity contribution < 1.29 is 18.0 Å². The SMILES string of the molecule is O=C(N[C@@H]1C[C@@H]2CCN(C2)C1)c1ccc(C(F)(F)F)c(Cl)n1. The summed E-state index contributed by atoms with van der Waals surface area (Å²) in [4.78, 5) is 18.0. The molecule has 1 unspecified atom stereocenters. The first-order chi connectivity index (χ1) is 10.3. The zero-order valence-electron chi connectivity index (χ0n) is 11.7. The highest BCUT2D eigenvalue weighted by Crippen LogP contribution is 2.33. The Morgan fingerprint density at radius 2 is 2.14 bits per heavy atom. The van der Waals surface area contributed by atoms with Crippen LogP contribution < -0.4 is 5.32 Å². The fraction of sp³-hybridized carbons (Fsp3) is 0.571. The molecule has 1 amide bonds. The van der Waals surface area contributed by atoms with Crippen LogP contribution in [0.3, 0.4) is 0 Å². The van der Waals surface area contributed by atoms with Crippen LogP contribution in [-0.2, 0) is 6.18 Å². The van der Waals surface area contributed by atoms with Gasteiger partial charge in [-0.15, -0.1) is 0 Å². The lowest BCUT2D eigenvalue weighted by Gasteiger charge is -2.30. The molecule has 1 aromatic rings. The summed E-state index contributed by atoms with van der Waals surface area (Å²) in [7, 11) is 0. The average Bonchev–Trinajstić information content (AvgIpc) is 2.76. The first kappa shape index (κ1) is 15.6. The number of amides is 1. The lowest BCUT2D eigenvalue weighted by molar-refractivity contribution is -0.137. The number of rotatable bonds is 2. The Labute approximate surface area is 130 Å². The summed E-state index contributed by atoms with van der Waals surface area (Å²) in [6, 6.07) is 1.86. The second-order valence-corrected chi connectivity index (χ2v) is 6.21. The fourth-order valence-electron chi connectivity index (χ4n) is 3.20. The summed E-state index contributed by atoms with van der Waals surface area (Å²) >= 11 is 5.54. The number of nitrogens with zero attached hydrogens (tertiary/aromatic N) is 2. The molecule has 0 saturated carbocycles. The van der Waals surface area contributed by atoms with Crippen LogP contribution >= 0.6 is 11.6 Å². The van der Waals surface area contributed by atoms with Crippen LogP contribution in [-0.4, -0.2) is 41.5 Å². The molecular formula is C14H15ClF3N3O. The highest BCUT2D eigenvalue weighted by atomic mass is 35.5. The topological polar surface area (TPSA) is 45.2 Å². The molecule has 0 aliphatic carbocycles. The third-order valence-electron chi connectivity index (χ3n) is 4.19. The number of fused-ring (bicyclic) bond motifs is 2. The quantitative estimate of drug-likeness (QED) is 0.846. The van der Waals surface area contributed by atoms with E-state index < -0.39 is 22.8 Å². The van der Waals surface area contributed by atoms with Crippen LogP contribution in [0.5, 0.6) is 0 Å². The maximum Gasteiger partial charge on any atom is 0.419 e. The summed E-state index contributed by atoms with van der Waals surface area (Å²) in [5, 5.41) is 2.14. The van der Waals surface area contributed by atoms with Gasteiger partial charge in [0.05, 0.1) is 5.56 Å². The van der Waals surface area contributed by atoms with Crippen molar-refractivity contribution in [2.24, 2.45) is 5.92 Å². The Morgan fingerprint density at radius 3 is 2.77 bits per heavy atom. The number of carbonyl (C=O) groups is 1. The van der Waals surface area contributed by atoms with Crippen molar-refractivity contribution in [1.82, 2.24) is 15.2 Å². The van der Waals surface area contributed by atoms with E-state index in [1.165, 1.54) is 0 Å². The van der Waals surface area contributed by atoms with Crippen molar-refractivity contribution in [3.63, 3.8) is 0 Å². The van der Waals surface area contributed by atoms with Crippen LogP contribution in [0.2, 0.25) is 5.15 Å². The molecule has 2 bridgehead atoms. The van der Waals surface area contributed by atoms with Gasteiger partial charge in [-0.2, -0.15) is 13.2 Å². The first-order valence-corrected chi connectivity index (χ1v) is 7.47. The minimum absolute atomic E-state index is 0.0108. The number of hydrogen-bond donors (Lipinski definition) is 1. The van der Waals surface area contributed by atoms with Crippen LogP contribution in [0.25, 0.3) is 0 Å². The number of carbonyl (C=O) groups excluding carboxylic acids is 1. The van der Waals surface area contributed by atoms with Crippen molar-refractivity contribution in [3.8, 4) is 0 Å². The summed E-state index contributed by atoms with van der Waals surface area (Å²) in [5.74, 6) is 0.103. The Hall–Kier alpha value is -1.34. The molecule has 2 fully saturated rings. The number of aromatic nitrogens is 1. The maximum atomic E-state index is 12.6. The minimum Gasteiger partial charge on any atom is -0.347 e. The largest absolute Gasteiger partial charge is 0.419 e. The molecule has 3 atom stereocenters. The molecule has 0 aromatic carbocycles. The molecule has 3 heterocycles. The lowest BCUT2D eigenvalue weighted by Crippen LogP contribution is -2.47. The molecule has 2 saturated heterocycles. The summed E-state index contributed by atoms with van der Waals surface area (Å²) in [6.45, 7) is 2.88. The number of hydrogen-bond acceptors (Lipinski definition) is 3. The Balaban J connectivity index is 1.69. The fourth-order valence-corrected chi connectivity index (χ4v) is 3.46. The molecule has 0 spiro atoms. The van der Waals surface area contributed by atoms with Gasteiger partial charge in [0.2, 0.25) is 0 Å². The predicted octanol–water partition coefficient (Wildman–Crippen LogP) is 2.58. The zero-order chi connectivity index (χ0) is 15.9. The van der Waals surface area contributed by atoms with E-state index in [0.717, 1.165) is 44.6 Å².